The summed E-state index contributed by atoms with van der Waals surface area (Å²) < 4.78 is 5.77. The van der Waals surface area contributed by atoms with Crippen LogP contribution in [0.25, 0.3) is 0 Å². The highest BCUT2D eigenvalue weighted by molar-refractivity contribution is 6.32. The van der Waals surface area contributed by atoms with E-state index in [1.807, 2.05) is 25.1 Å². The Bertz CT molecular complexity index is 549. The minimum Gasteiger partial charge on any atom is -0.487 e. The maximum Gasteiger partial charge on any atom is 0.225 e. The number of para-hydroxylation sites is 1. The van der Waals surface area contributed by atoms with E-state index in [2.05, 4.69) is 5.32 Å². The normalized spacial score (nSPS) is 31.0. The Morgan fingerprint density at radius 1 is 1.41 bits per heavy atom. The molecule has 3 N–H and O–H groups in total. The number of rotatable bonds is 5. The van der Waals surface area contributed by atoms with Crippen molar-refractivity contribution in [3.63, 3.8) is 0 Å². The zero-order chi connectivity index (χ0) is 15.7. The summed E-state index contributed by atoms with van der Waals surface area (Å²) in [5.41, 5.74) is 6.21. The van der Waals surface area contributed by atoms with Crippen molar-refractivity contribution in [1.82, 2.24) is 5.32 Å². The molecule has 5 unspecified atom stereocenters. The molecule has 3 rings (SSSR count). The summed E-state index contributed by atoms with van der Waals surface area (Å²) in [7, 11) is 0. The van der Waals surface area contributed by atoms with E-state index < -0.39 is 0 Å². The van der Waals surface area contributed by atoms with Gasteiger partial charge < -0.3 is 15.8 Å². The fourth-order valence-corrected chi connectivity index (χ4v) is 4.07. The van der Waals surface area contributed by atoms with Gasteiger partial charge in [-0.3, -0.25) is 4.79 Å². The first-order valence-corrected chi connectivity index (χ1v) is 8.38. The van der Waals surface area contributed by atoms with Gasteiger partial charge in [0.15, 0.2) is 0 Å². The molecular weight excluding hydrogens is 300 g/mol. The Morgan fingerprint density at radius 3 is 2.82 bits per heavy atom. The Morgan fingerprint density at radius 2 is 2.14 bits per heavy atom. The van der Waals surface area contributed by atoms with E-state index in [4.69, 9.17) is 22.1 Å². The number of fused-ring (bicyclic) bond motifs is 2. The number of carbonyl (C=O) groups is 1. The third-order valence-corrected chi connectivity index (χ3v) is 5.32. The smallest absolute Gasteiger partial charge is 0.225 e. The molecule has 1 amide bonds. The Balaban J connectivity index is 1.50. The lowest BCUT2D eigenvalue weighted by Gasteiger charge is -2.27. The van der Waals surface area contributed by atoms with Crippen LogP contribution in [0.5, 0.6) is 5.75 Å². The van der Waals surface area contributed by atoms with E-state index in [9.17, 15) is 4.79 Å². The van der Waals surface area contributed by atoms with Crippen LogP contribution in [-0.4, -0.2) is 24.6 Å². The molecule has 0 aliphatic heterocycles. The molecule has 2 aliphatic carbocycles. The Kier molecular flexibility index (Phi) is 4.59. The van der Waals surface area contributed by atoms with Gasteiger partial charge in [0.2, 0.25) is 5.91 Å². The molecule has 22 heavy (non-hydrogen) atoms. The first-order valence-electron chi connectivity index (χ1n) is 8.00. The number of benzene rings is 1. The number of nitrogens with two attached hydrogens (primary N) is 1. The van der Waals surface area contributed by atoms with Crippen LogP contribution >= 0.6 is 11.6 Å². The van der Waals surface area contributed by atoms with Crippen molar-refractivity contribution in [1.29, 1.82) is 0 Å². The molecule has 1 aromatic rings. The number of ether oxygens (including phenoxy) is 1. The average molecular weight is 323 g/mol. The summed E-state index contributed by atoms with van der Waals surface area (Å²) >= 11 is 6.07. The van der Waals surface area contributed by atoms with E-state index in [1.165, 1.54) is 6.42 Å². The van der Waals surface area contributed by atoms with E-state index in [1.54, 1.807) is 6.07 Å². The average Bonchev–Trinajstić information content (AvgIpc) is 3.08. The molecule has 0 aromatic heterocycles. The second kappa shape index (κ2) is 6.47. The third-order valence-electron chi connectivity index (χ3n) is 5.01. The van der Waals surface area contributed by atoms with Crippen LogP contribution in [0, 0.1) is 17.8 Å². The number of carbonyl (C=O) groups excluding carboxylic acids is 1. The molecule has 1 aromatic carbocycles. The van der Waals surface area contributed by atoms with E-state index in [-0.39, 0.29) is 24.0 Å². The second-order valence-electron chi connectivity index (χ2n) is 6.54. The summed E-state index contributed by atoms with van der Waals surface area (Å²) in [5, 5.41) is 3.57. The highest BCUT2D eigenvalue weighted by atomic mass is 35.5. The molecule has 0 radical (unpaired) electrons. The first-order chi connectivity index (χ1) is 10.6. The van der Waals surface area contributed by atoms with Gasteiger partial charge in [0.25, 0.3) is 0 Å². The molecule has 120 valence electrons. The van der Waals surface area contributed by atoms with Crippen molar-refractivity contribution in [2.75, 3.05) is 6.54 Å². The fourth-order valence-electron chi connectivity index (χ4n) is 3.89. The first kappa shape index (κ1) is 15.6. The highest BCUT2D eigenvalue weighted by Crippen LogP contribution is 2.47. The minimum absolute atomic E-state index is 0.0220. The topological polar surface area (TPSA) is 64.4 Å². The Labute approximate surface area is 136 Å². The maximum atomic E-state index is 12.4. The van der Waals surface area contributed by atoms with Crippen molar-refractivity contribution in [3.8, 4) is 5.75 Å². The summed E-state index contributed by atoms with van der Waals surface area (Å²) in [5.74, 6) is 1.71. The fraction of sp³-hybridized carbons (Fsp3) is 0.588. The molecule has 2 fully saturated rings. The molecular formula is C17H23ClN2O2. The van der Waals surface area contributed by atoms with Gasteiger partial charge >= 0.3 is 0 Å². The van der Waals surface area contributed by atoms with Crippen LogP contribution in [0.2, 0.25) is 5.02 Å². The van der Waals surface area contributed by atoms with Gasteiger partial charge in [-0.15, -0.1) is 0 Å². The van der Waals surface area contributed by atoms with E-state index >= 15 is 0 Å². The van der Waals surface area contributed by atoms with E-state index in [0.29, 0.717) is 29.2 Å². The standard InChI is InChI=1S/C17H23ClN2O2/c1-10(22-14-5-3-2-4-13(14)18)9-20-17(21)15-11-6-7-12(8-11)16(15)19/h2-5,10-12,15-16H,6-9,19H2,1H3,(H,20,21). The van der Waals surface area contributed by atoms with Gasteiger partial charge in [0.1, 0.15) is 11.9 Å². The van der Waals surface area contributed by atoms with Crippen molar-refractivity contribution >= 4 is 17.5 Å². The monoisotopic (exact) mass is 322 g/mol. The molecule has 5 atom stereocenters. The summed E-state index contributed by atoms with van der Waals surface area (Å²) in [6, 6.07) is 7.38. The van der Waals surface area contributed by atoms with Crippen LogP contribution in [0.15, 0.2) is 24.3 Å². The van der Waals surface area contributed by atoms with Crippen LogP contribution in [0.4, 0.5) is 0 Å². The predicted molar refractivity (Wildman–Crippen MR) is 86.8 cm³/mol. The van der Waals surface area contributed by atoms with Crippen molar-refractivity contribution < 1.29 is 9.53 Å². The molecule has 0 heterocycles. The molecule has 2 aliphatic rings. The molecule has 2 saturated carbocycles. The number of hydrogen-bond acceptors (Lipinski definition) is 3. The summed E-state index contributed by atoms with van der Waals surface area (Å²) in [6.07, 6.45) is 3.30. The minimum atomic E-state index is -0.140. The lowest BCUT2D eigenvalue weighted by atomic mass is 9.84. The third kappa shape index (κ3) is 3.08. The summed E-state index contributed by atoms with van der Waals surface area (Å²) in [6.45, 7) is 2.38. The highest BCUT2D eigenvalue weighted by Gasteiger charge is 2.48. The Hall–Kier alpha value is -1.26. The van der Waals surface area contributed by atoms with Crippen molar-refractivity contribution in [2.24, 2.45) is 23.5 Å². The molecule has 5 heteroatoms. The zero-order valence-electron chi connectivity index (χ0n) is 12.8. The van der Waals surface area contributed by atoms with Crippen LogP contribution in [-0.2, 0) is 4.79 Å². The van der Waals surface area contributed by atoms with Gasteiger partial charge in [-0.2, -0.15) is 0 Å². The van der Waals surface area contributed by atoms with Crippen molar-refractivity contribution in [2.45, 2.75) is 38.3 Å². The zero-order valence-corrected chi connectivity index (χ0v) is 13.6. The molecule has 4 nitrogen and oxygen atoms in total. The van der Waals surface area contributed by atoms with Crippen LogP contribution in [0.3, 0.4) is 0 Å². The maximum absolute atomic E-state index is 12.4. The molecule has 0 spiro atoms. The van der Waals surface area contributed by atoms with Gasteiger partial charge in [0, 0.05) is 6.04 Å². The van der Waals surface area contributed by atoms with Gasteiger partial charge in [-0.1, -0.05) is 23.7 Å². The number of hydrogen-bond donors (Lipinski definition) is 2. The number of halogens is 1. The second-order valence-corrected chi connectivity index (χ2v) is 6.95. The largest absolute Gasteiger partial charge is 0.487 e. The SMILES string of the molecule is CC(CNC(=O)C1C2CCC(C2)C1N)Oc1ccccc1Cl. The van der Waals surface area contributed by atoms with E-state index in [0.717, 1.165) is 12.8 Å². The lowest BCUT2D eigenvalue weighted by Crippen LogP contribution is -2.47. The lowest BCUT2D eigenvalue weighted by molar-refractivity contribution is -0.127. The number of nitrogens with one attached hydrogen (secondary N) is 1. The van der Waals surface area contributed by atoms with Crippen molar-refractivity contribution in [3.05, 3.63) is 29.3 Å². The quantitative estimate of drug-likeness (QED) is 0.875. The summed E-state index contributed by atoms with van der Waals surface area (Å²) in [4.78, 5) is 12.4. The predicted octanol–water partition coefficient (Wildman–Crippen LogP) is 2.60. The molecule has 2 bridgehead atoms. The van der Waals surface area contributed by atoms with Gasteiger partial charge in [-0.25, -0.2) is 0 Å². The van der Waals surface area contributed by atoms with Crippen LogP contribution < -0.4 is 15.8 Å². The van der Waals surface area contributed by atoms with Gasteiger partial charge in [-0.05, 0) is 50.2 Å². The number of amides is 1. The van der Waals surface area contributed by atoms with Gasteiger partial charge in [0.05, 0.1) is 17.5 Å². The molecule has 0 saturated heterocycles. The van der Waals surface area contributed by atoms with Crippen LogP contribution in [0.1, 0.15) is 26.2 Å².